The fourth-order valence-corrected chi connectivity index (χ4v) is 4.82. The molecule has 0 saturated carbocycles. The minimum Gasteiger partial charge on any atom is -0.493 e. The number of thioether (sulfide) groups is 1. The molecule has 7 nitrogen and oxygen atoms in total. The lowest BCUT2D eigenvalue weighted by molar-refractivity contribution is -0.139. The number of nitrogens with one attached hydrogen (secondary N) is 1. The van der Waals surface area contributed by atoms with Gasteiger partial charge >= 0.3 is 5.97 Å². The summed E-state index contributed by atoms with van der Waals surface area (Å²) in [6.07, 6.45) is 3.29. The molecule has 1 saturated heterocycles. The Balaban J connectivity index is 1.91. The Morgan fingerprint density at radius 2 is 2.26 bits per heavy atom. The number of nitrogens with zero attached hydrogens (tertiary/aromatic N) is 1. The first-order valence-electron chi connectivity index (χ1n) is 7.54. The van der Waals surface area contributed by atoms with Crippen LogP contribution in [0.25, 0.3) is 6.08 Å². The molecule has 3 rings (SSSR count). The van der Waals surface area contributed by atoms with Crippen LogP contribution in [0.1, 0.15) is 16.5 Å². The van der Waals surface area contributed by atoms with E-state index in [-0.39, 0.29) is 16.6 Å². The Bertz CT molecular complexity index is 943. The largest absolute Gasteiger partial charge is 0.493 e. The van der Waals surface area contributed by atoms with Crippen molar-refractivity contribution in [1.82, 2.24) is 4.98 Å². The number of benzene rings is 1. The van der Waals surface area contributed by atoms with Gasteiger partial charge in [0.05, 0.1) is 21.5 Å². The molecule has 2 heterocycles. The first kappa shape index (κ1) is 19.6. The molecule has 27 heavy (non-hydrogen) atoms. The van der Waals surface area contributed by atoms with E-state index in [1.165, 1.54) is 18.4 Å². The number of hydrogen-bond donors (Lipinski definition) is 2. The van der Waals surface area contributed by atoms with Gasteiger partial charge in [0, 0.05) is 11.6 Å². The van der Waals surface area contributed by atoms with Crippen molar-refractivity contribution in [1.29, 1.82) is 5.41 Å². The summed E-state index contributed by atoms with van der Waals surface area (Å²) in [5.74, 6) is -1.32. The van der Waals surface area contributed by atoms with E-state index in [0.717, 1.165) is 11.8 Å². The lowest BCUT2D eigenvalue weighted by Gasteiger charge is -2.12. The highest BCUT2D eigenvalue weighted by Gasteiger charge is 2.38. The fraction of sp³-hybridized carbons (Fsp3) is 0.176. The van der Waals surface area contributed by atoms with Gasteiger partial charge in [0.25, 0.3) is 0 Å². The van der Waals surface area contributed by atoms with Crippen LogP contribution in [0.5, 0.6) is 11.5 Å². The quantitative estimate of drug-likeness (QED) is 0.620. The number of rotatable bonds is 6. The van der Waals surface area contributed by atoms with Gasteiger partial charge in [-0.3, -0.25) is 10.2 Å². The minimum absolute atomic E-state index is 0.166. The Morgan fingerprint density at radius 3 is 2.89 bits per heavy atom. The SMILES string of the molecule is COc1cc(/C=C2\SC(=N)[C@@H](c3nccs3)C2=O)cc(Br)c1OCC(=O)O. The van der Waals surface area contributed by atoms with Crippen molar-refractivity contribution in [3.8, 4) is 11.5 Å². The van der Waals surface area contributed by atoms with Crippen molar-refractivity contribution < 1.29 is 24.2 Å². The molecular formula is C17H13BrN2O5S2. The van der Waals surface area contributed by atoms with Crippen LogP contribution in [0.15, 0.2) is 33.1 Å². The summed E-state index contributed by atoms with van der Waals surface area (Å²) in [5.41, 5.74) is 0.657. The van der Waals surface area contributed by atoms with Crippen LogP contribution in [-0.2, 0) is 9.59 Å². The molecule has 1 aliphatic heterocycles. The minimum atomic E-state index is -1.10. The number of ether oxygens (including phenoxy) is 2. The molecule has 0 radical (unpaired) electrons. The molecule has 1 aliphatic rings. The van der Waals surface area contributed by atoms with Gasteiger partial charge in [-0.05, 0) is 39.7 Å². The summed E-state index contributed by atoms with van der Waals surface area (Å²) in [5, 5.41) is 19.5. The van der Waals surface area contributed by atoms with E-state index in [2.05, 4.69) is 20.9 Å². The third-order valence-electron chi connectivity index (χ3n) is 3.58. The van der Waals surface area contributed by atoms with Crippen molar-refractivity contribution in [3.05, 3.63) is 43.7 Å². The summed E-state index contributed by atoms with van der Waals surface area (Å²) in [7, 11) is 1.44. The van der Waals surface area contributed by atoms with Crippen LogP contribution >= 0.6 is 39.0 Å². The van der Waals surface area contributed by atoms with Gasteiger partial charge in [-0.2, -0.15) is 0 Å². The number of methoxy groups -OCH3 is 1. The van der Waals surface area contributed by atoms with Crippen LogP contribution in [0.4, 0.5) is 0 Å². The fourth-order valence-electron chi connectivity index (χ4n) is 2.44. The third kappa shape index (κ3) is 4.23. The molecule has 140 valence electrons. The van der Waals surface area contributed by atoms with E-state index in [0.29, 0.717) is 25.7 Å². The molecule has 1 fully saturated rings. The maximum Gasteiger partial charge on any atom is 0.341 e. The van der Waals surface area contributed by atoms with E-state index in [9.17, 15) is 9.59 Å². The topological polar surface area (TPSA) is 110 Å². The Labute approximate surface area is 171 Å². The predicted molar refractivity (Wildman–Crippen MR) is 107 cm³/mol. The number of aromatic nitrogens is 1. The first-order chi connectivity index (χ1) is 12.9. The maximum atomic E-state index is 12.7. The third-order valence-corrected chi connectivity index (χ3v) is 6.00. The summed E-state index contributed by atoms with van der Waals surface area (Å²) in [6.45, 7) is -0.504. The number of hydrogen-bond acceptors (Lipinski definition) is 8. The van der Waals surface area contributed by atoms with Gasteiger partial charge in [0.2, 0.25) is 0 Å². The van der Waals surface area contributed by atoms with E-state index in [4.69, 9.17) is 20.0 Å². The Kier molecular flexibility index (Phi) is 5.98. The molecule has 0 unspecified atom stereocenters. The van der Waals surface area contributed by atoms with Gasteiger partial charge in [-0.1, -0.05) is 11.8 Å². The lowest BCUT2D eigenvalue weighted by Crippen LogP contribution is -2.11. The van der Waals surface area contributed by atoms with E-state index in [1.54, 1.807) is 29.8 Å². The number of allylic oxidation sites excluding steroid dienone is 1. The zero-order chi connectivity index (χ0) is 19.6. The monoisotopic (exact) mass is 468 g/mol. The van der Waals surface area contributed by atoms with Crippen LogP contribution in [0.3, 0.4) is 0 Å². The van der Waals surface area contributed by atoms with Gasteiger partial charge in [-0.15, -0.1) is 11.3 Å². The molecule has 0 spiro atoms. The predicted octanol–water partition coefficient (Wildman–Crippen LogP) is 3.80. The number of aliphatic carboxylic acids is 1. The second kappa shape index (κ2) is 8.24. The zero-order valence-corrected chi connectivity index (χ0v) is 17.1. The summed E-state index contributed by atoms with van der Waals surface area (Å²) >= 11 is 5.80. The number of ketones is 1. The molecule has 2 N–H and O–H groups in total. The average molecular weight is 469 g/mol. The lowest BCUT2D eigenvalue weighted by atomic mass is 10.0. The Hall–Kier alpha value is -2.17. The van der Waals surface area contributed by atoms with Crippen molar-refractivity contribution in [3.63, 3.8) is 0 Å². The number of carboxylic acids is 1. The van der Waals surface area contributed by atoms with Gasteiger partial charge in [-0.25, -0.2) is 9.78 Å². The highest BCUT2D eigenvalue weighted by Crippen LogP contribution is 2.42. The molecule has 2 aromatic rings. The molecule has 1 atom stereocenters. The molecule has 0 bridgehead atoms. The van der Waals surface area contributed by atoms with Gasteiger partial charge in [0.15, 0.2) is 23.9 Å². The van der Waals surface area contributed by atoms with Crippen LogP contribution in [-0.4, -0.2) is 40.6 Å². The van der Waals surface area contributed by atoms with Crippen molar-refractivity contribution >= 4 is 61.9 Å². The molecular weight excluding hydrogens is 456 g/mol. The van der Waals surface area contributed by atoms with E-state index >= 15 is 0 Å². The van der Waals surface area contributed by atoms with Crippen LogP contribution in [0, 0.1) is 5.41 Å². The number of thiazole rings is 1. The van der Waals surface area contributed by atoms with Crippen LogP contribution < -0.4 is 9.47 Å². The van der Waals surface area contributed by atoms with Gasteiger partial charge < -0.3 is 14.6 Å². The van der Waals surface area contributed by atoms with Crippen molar-refractivity contribution in [2.45, 2.75) is 5.92 Å². The maximum absolute atomic E-state index is 12.7. The normalized spacial score (nSPS) is 18.1. The second-order valence-corrected chi connectivity index (χ2v) is 8.22. The van der Waals surface area contributed by atoms with E-state index in [1.807, 2.05) is 0 Å². The van der Waals surface area contributed by atoms with E-state index < -0.39 is 18.5 Å². The molecule has 1 aromatic heterocycles. The summed E-state index contributed by atoms with van der Waals surface area (Å²) in [4.78, 5) is 28.0. The number of carbonyl (C=O) groups excluding carboxylic acids is 1. The zero-order valence-electron chi connectivity index (χ0n) is 13.9. The van der Waals surface area contributed by atoms with Crippen LogP contribution in [0.2, 0.25) is 0 Å². The highest BCUT2D eigenvalue weighted by atomic mass is 79.9. The number of carbonyl (C=O) groups is 2. The highest BCUT2D eigenvalue weighted by molar-refractivity contribution is 9.10. The molecule has 0 amide bonds. The standard InChI is InChI=1S/C17H13BrN2O5S2/c1-24-10-5-8(4-9(18)15(10)25-7-12(21)22)6-11-14(23)13(16(19)27-11)17-20-2-3-26-17/h2-6,13,19H,7H2,1H3,(H,21,22)/b11-6-,19-16?/t13-/m0/s1. The number of Topliss-reactive ketones (excluding diaryl/α,β-unsaturated/α-hetero) is 1. The van der Waals surface area contributed by atoms with Crippen molar-refractivity contribution in [2.75, 3.05) is 13.7 Å². The number of carboxylic acid groups (broad SMARTS) is 1. The molecule has 0 aliphatic carbocycles. The molecule has 10 heteroatoms. The van der Waals surface area contributed by atoms with Gasteiger partial charge in [0.1, 0.15) is 10.9 Å². The smallest absolute Gasteiger partial charge is 0.341 e. The molecule has 1 aromatic carbocycles. The average Bonchev–Trinajstić information content (AvgIpc) is 3.22. The first-order valence-corrected chi connectivity index (χ1v) is 10.0. The van der Waals surface area contributed by atoms with Crippen molar-refractivity contribution in [2.24, 2.45) is 0 Å². The second-order valence-electron chi connectivity index (χ2n) is 5.36. The summed E-state index contributed by atoms with van der Waals surface area (Å²) in [6, 6.07) is 3.34. The summed E-state index contributed by atoms with van der Waals surface area (Å²) < 4.78 is 11.0. The Morgan fingerprint density at radius 1 is 1.48 bits per heavy atom. The number of halogens is 1.